The third-order valence-corrected chi connectivity index (χ3v) is 4.65. The summed E-state index contributed by atoms with van der Waals surface area (Å²) in [5, 5.41) is 3.47. The fourth-order valence-electron chi connectivity index (χ4n) is 3.41. The highest BCUT2D eigenvalue weighted by Crippen LogP contribution is 2.40. The van der Waals surface area contributed by atoms with Crippen molar-refractivity contribution in [1.82, 2.24) is 10.2 Å². The first-order chi connectivity index (χ1) is 8.24. The van der Waals surface area contributed by atoms with Gasteiger partial charge in [-0.15, -0.1) is 0 Å². The zero-order valence-electron chi connectivity index (χ0n) is 10.9. The molecular formula is C13H24N2O2. The Morgan fingerprint density at radius 3 is 2.47 bits per heavy atom. The van der Waals surface area contributed by atoms with Crippen LogP contribution >= 0.6 is 0 Å². The number of ether oxygens (including phenoxy) is 2. The third-order valence-electron chi connectivity index (χ3n) is 4.65. The first-order valence-electron chi connectivity index (χ1n) is 6.91. The lowest BCUT2D eigenvalue weighted by atomic mass is 9.84. The zero-order valence-corrected chi connectivity index (χ0v) is 10.9. The fourth-order valence-corrected chi connectivity index (χ4v) is 3.41. The second kappa shape index (κ2) is 4.50. The summed E-state index contributed by atoms with van der Waals surface area (Å²) in [6.07, 6.45) is 5.92. The van der Waals surface area contributed by atoms with Gasteiger partial charge < -0.3 is 14.8 Å². The molecule has 1 spiro atoms. The largest absolute Gasteiger partial charge is 0.347 e. The van der Waals surface area contributed by atoms with Crippen LogP contribution in [0.15, 0.2) is 0 Å². The lowest BCUT2D eigenvalue weighted by Crippen LogP contribution is -2.56. The van der Waals surface area contributed by atoms with E-state index in [1.165, 1.54) is 12.8 Å². The molecule has 0 aromatic rings. The van der Waals surface area contributed by atoms with E-state index in [1.807, 2.05) is 0 Å². The van der Waals surface area contributed by atoms with Gasteiger partial charge in [-0.3, -0.25) is 4.90 Å². The molecule has 2 unspecified atom stereocenters. The maximum Gasteiger partial charge on any atom is 0.170 e. The molecule has 3 rings (SSSR count). The topological polar surface area (TPSA) is 33.7 Å². The first kappa shape index (κ1) is 11.9. The van der Waals surface area contributed by atoms with Gasteiger partial charge in [0.1, 0.15) is 0 Å². The monoisotopic (exact) mass is 240 g/mol. The maximum absolute atomic E-state index is 5.88. The van der Waals surface area contributed by atoms with Gasteiger partial charge in [0.2, 0.25) is 0 Å². The van der Waals surface area contributed by atoms with Gasteiger partial charge in [0, 0.05) is 31.0 Å². The van der Waals surface area contributed by atoms with Crippen molar-refractivity contribution >= 4 is 0 Å². The molecular weight excluding hydrogens is 216 g/mol. The molecule has 1 saturated heterocycles. The number of hydrogen-bond acceptors (Lipinski definition) is 4. The van der Waals surface area contributed by atoms with E-state index in [-0.39, 0.29) is 5.79 Å². The molecule has 17 heavy (non-hydrogen) atoms. The van der Waals surface area contributed by atoms with Gasteiger partial charge >= 0.3 is 0 Å². The quantitative estimate of drug-likeness (QED) is 0.797. The van der Waals surface area contributed by atoms with Crippen molar-refractivity contribution in [1.29, 1.82) is 0 Å². The van der Waals surface area contributed by atoms with Crippen LogP contribution in [0.3, 0.4) is 0 Å². The minimum atomic E-state index is -0.263. The predicted octanol–water partition coefficient (Wildman–Crippen LogP) is 0.964. The Morgan fingerprint density at radius 2 is 1.88 bits per heavy atom. The maximum atomic E-state index is 5.88. The molecule has 0 amide bonds. The molecule has 0 bridgehead atoms. The summed E-state index contributed by atoms with van der Waals surface area (Å²) in [5.41, 5.74) is 0. The molecule has 4 heteroatoms. The molecule has 4 nitrogen and oxygen atoms in total. The van der Waals surface area contributed by atoms with Crippen LogP contribution < -0.4 is 5.32 Å². The van der Waals surface area contributed by atoms with Gasteiger partial charge in [-0.1, -0.05) is 0 Å². The Bertz CT molecular complexity index is 273. The van der Waals surface area contributed by atoms with Gasteiger partial charge in [0.05, 0.1) is 13.2 Å². The average molecular weight is 240 g/mol. The average Bonchev–Trinajstić information content (AvgIpc) is 3.11. The molecule has 0 aromatic carbocycles. The van der Waals surface area contributed by atoms with Crippen LogP contribution in [0.2, 0.25) is 0 Å². The van der Waals surface area contributed by atoms with Crippen molar-refractivity contribution in [2.45, 2.75) is 56.0 Å². The van der Waals surface area contributed by atoms with E-state index in [0.717, 1.165) is 38.5 Å². The number of hydrogen-bond donors (Lipinski definition) is 1. The summed E-state index contributed by atoms with van der Waals surface area (Å²) in [5.74, 6) is -0.263. The van der Waals surface area contributed by atoms with E-state index >= 15 is 0 Å². The molecule has 0 radical (unpaired) electrons. The van der Waals surface area contributed by atoms with E-state index in [2.05, 4.69) is 24.3 Å². The Labute approximate surface area is 104 Å². The molecule has 2 atom stereocenters. The summed E-state index contributed by atoms with van der Waals surface area (Å²) in [6, 6.07) is 1.94. The van der Waals surface area contributed by atoms with E-state index in [0.29, 0.717) is 12.1 Å². The molecule has 1 aliphatic heterocycles. The van der Waals surface area contributed by atoms with Crippen molar-refractivity contribution in [2.24, 2.45) is 0 Å². The summed E-state index contributed by atoms with van der Waals surface area (Å²) < 4.78 is 11.8. The molecule has 2 aliphatic carbocycles. The molecule has 1 N–H and O–H groups in total. The van der Waals surface area contributed by atoms with Gasteiger partial charge in [-0.2, -0.15) is 0 Å². The van der Waals surface area contributed by atoms with Crippen molar-refractivity contribution < 1.29 is 9.47 Å². The predicted molar refractivity (Wildman–Crippen MR) is 65.9 cm³/mol. The molecule has 1 heterocycles. The second-order valence-electron chi connectivity index (χ2n) is 5.71. The van der Waals surface area contributed by atoms with Crippen molar-refractivity contribution in [3.63, 3.8) is 0 Å². The Balaban J connectivity index is 1.71. The number of nitrogens with zero attached hydrogens (tertiary/aromatic N) is 1. The van der Waals surface area contributed by atoms with Gasteiger partial charge in [0.15, 0.2) is 5.79 Å². The number of likely N-dealkylation sites (N-methyl/N-ethyl adjacent to an activating group) is 2. The highest BCUT2D eigenvalue weighted by molar-refractivity contribution is 4.99. The molecule has 0 aromatic heterocycles. The van der Waals surface area contributed by atoms with Gasteiger partial charge in [0.25, 0.3) is 0 Å². The van der Waals surface area contributed by atoms with Crippen LogP contribution in [0.5, 0.6) is 0 Å². The van der Waals surface area contributed by atoms with Crippen molar-refractivity contribution in [3.05, 3.63) is 0 Å². The number of nitrogens with one attached hydrogen (secondary N) is 1. The van der Waals surface area contributed by atoms with E-state index < -0.39 is 0 Å². The summed E-state index contributed by atoms with van der Waals surface area (Å²) in [4.78, 5) is 2.55. The van der Waals surface area contributed by atoms with Crippen LogP contribution in [0.1, 0.15) is 32.1 Å². The van der Waals surface area contributed by atoms with Gasteiger partial charge in [-0.25, -0.2) is 0 Å². The van der Waals surface area contributed by atoms with E-state index in [9.17, 15) is 0 Å². The zero-order chi connectivity index (χ0) is 11.9. The van der Waals surface area contributed by atoms with E-state index in [4.69, 9.17) is 9.47 Å². The highest BCUT2D eigenvalue weighted by Gasteiger charge is 2.47. The SMILES string of the molecule is CNC1CCC2(CC1N(C)C1CC1)OCCO2. The Morgan fingerprint density at radius 1 is 1.18 bits per heavy atom. The Hall–Kier alpha value is -0.160. The second-order valence-corrected chi connectivity index (χ2v) is 5.71. The first-order valence-corrected chi connectivity index (χ1v) is 6.91. The lowest BCUT2D eigenvalue weighted by molar-refractivity contribution is -0.192. The number of rotatable bonds is 3. The standard InChI is InChI=1S/C13H24N2O2/c1-14-11-5-6-13(16-7-8-17-13)9-12(11)15(2)10-3-4-10/h10-12,14H,3-9H2,1-2H3. The fraction of sp³-hybridized carbons (Fsp3) is 1.00. The smallest absolute Gasteiger partial charge is 0.170 e. The van der Waals surface area contributed by atoms with Crippen LogP contribution in [-0.4, -0.2) is 56.1 Å². The van der Waals surface area contributed by atoms with E-state index in [1.54, 1.807) is 0 Å². The normalized spacial score (nSPS) is 36.9. The minimum absolute atomic E-state index is 0.263. The molecule has 98 valence electrons. The van der Waals surface area contributed by atoms with Crippen molar-refractivity contribution in [3.8, 4) is 0 Å². The molecule has 2 saturated carbocycles. The molecule has 3 aliphatic rings. The highest BCUT2D eigenvalue weighted by atomic mass is 16.7. The van der Waals surface area contributed by atoms with Gasteiger partial charge in [-0.05, 0) is 33.4 Å². The summed E-state index contributed by atoms with van der Waals surface area (Å²) >= 11 is 0. The minimum Gasteiger partial charge on any atom is -0.347 e. The van der Waals surface area contributed by atoms with Crippen LogP contribution in [0, 0.1) is 0 Å². The van der Waals surface area contributed by atoms with Crippen molar-refractivity contribution in [2.75, 3.05) is 27.3 Å². The van der Waals surface area contributed by atoms with Crippen LogP contribution in [-0.2, 0) is 9.47 Å². The molecule has 3 fully saturated rings. The Kier molecular flexibility index (Phi) is 3.15. The van der Waals surface area contributed by atoms with Crippen LogP contribution in [0.25, 0.3) is 0 Å². The summed E-state index contributed by atoms with van der Waals surface area (Å²) in [6.45, 7) is 1.54. The lowest BCUT2D eigenvalue weighted by Gasteiger charge is -2.45. The van der Waals surface area contributed by atoms with Crippen LogP contribution in [0.4, 0.5) is 0 Å². The summed E-state index contributed by atoms with van der Waals surface area (Å²) in [7, 11) is 4.34. The third kappa shape index (κ3) is 2.24.